The van der Waals surface area contributed by atoms with E-state index in [1.165, 1.54) is 18.2 Å². The van der Waals surface area contributed by atoms with Crippen LogP contribution in [0.25, 0.3) is 0 Å². The van der Waals surface area contributed by atoms with E-state index in [4.69, 9.17) is 0 Å². The van der Waals surface area contributed by atoms with Gasteiger partial charge in [-0.1, -0.05) is 24.3 Å². The van der Waals surface area contributed by atoms with E-state index in [9.17, 15) is 19.3 Å². The average Bonchev–Trinajstić information content (AvgIpc) is 2.71. The lowest BCUT2D eigenvalue weighted by Crippen LogP contribution is -2.42. The number of benzene rings is 2. The minimum Gasteiger partial charge on any atom is -0.366 e. The van der Waals surface area contributed by atoms with Crippen LogP contribution in [0.4, 0.5) is 15.8 Å². The van der Waals surface area contributed by atoms with Gasteiger partial charge >= 0.3 is 0 Å². The van der Waals surface area contributed by atoms with Crippen molar-refractivity contribution in [2.75, 3.05) is 24.5 Å². The molecule has 0 bridgehead atoms. The molecule has 0 atom stereocenters. The molecule has 1 heterocycles. The summed E-state index contributed by atoms with van der Waals surface area (Å²) in [6.45, 7) is 4.05. The Balaban J connectivity index is 1.63. The van der Waals surface area contributed by atoms with Crippen LogP contribution in [0.2, 0.25) is 0 Å². The Hall–Kier alpha value is -2.96. The summed E-state index contributed by atoms with van der Waals surface area (Å²) in [5.41, 5.74) is 1.46. The van der Waals surface area contributed by atoms with Crippen molar-refractivity contribution in [3.8, 4) is 0 Å². The third-order valence-corrected chi connectivity index (χ3v) is 5.22. The van der Waals surface area contributed by atoms with E-state index in [0.717, 1.165) is 5.56 Å². The molecule has 0 spiro atoms. The highest BCUT2D eigenvalue weighted by molar-refractivity contribution is 5.79. The third kappa shape index (κ3) is 4.47. The first kappa shape index (κ1) is 19.8. The van der Waals surface area contributed by atoms with Crippen molar-refractivity contribution in [3.05, 3.63) is 70.0 Å². The minimum absolute atomic E-state index is 0.0639. The first-order valence-electron chi connectivity index (χ1n) is 9.51. The first-order chi connectivity index (χ1) is 13.5. The largest absolute Gasteiger partial charge is 0.366 e. The number of carbonyl (C=O) groups excluding carboxylic acids is 1. The van der Waals surface area contributed by atoms with E-state index in [0.29, 0.717) is 44.7 Å². The number of anilines is 1. The van der Waals surface area contributed by atoms with Crippen LogP contribution < -0.4 is 4.90 Å². The Bertz CT molecular complexity index is 850. The zero-order valence-electron chi connectivity index (χ0n) is 15.9. The van der Waals surface area contributed by atoms with Crippen LogP contribution in [0.3, 0.4) is 0 Å². The number of amides is 1. The molecule has 148 valence electrons. The lowest BCUT2D eigenvalue weighted by atomic mass is 9.94. The monoisotopic (exact) mass is 385 g/mol. The molecule has 0 N–H and O–H groups in total. The molecule has 7 heteroatoms. The molecular weight excluding hydrogens is 361 g/mol. The molecule has 2 aromatic carbocycles. The van der Waals surface area contributed by atoms with Crippen LogP contribution in [0.5, 0.6) is 0 Å². The second-order valence-electron chi connectivity index (χ2n) is 6.99. The zero-order valence-corrected chi connectivity index (χ0v) is 15.9. The number of halogens is 1. The molecule has 0 aromatic heterocycles. The SMILES string of the molecule is CCN(Cc1cccc(F)c1)C(=O)C1CCN(c2ccccc2[N+](=O)[O-])CC1. The Morgan fingerprint density at radius 1 is 1.21 bits per heavy atom. The van der Waals surface area contributed by atoms with Gasteiger partial charge in [0.1, 0.15) is 11.5 Å². The van der Waals surface area contributed by atoms with E-state index < -0.39 is 0 Å². The molecule has 28 heavy (non-hydrogen) atoms. The molecule has 0 radical (unpaired) electrons. The summed E-state index contributed by atoms with van der Waals surface area (Å²) < 4.78 is 13.4. The Morgan fingerprint density at radius 2 is 1.93 bits per heavy atom. The van der Waals surface area contributed by atoms with Crippen molar-refractivity contribution in [1.82, 2.24) is 4.90 Å². The number of nitro groups is 1. The molecular formula is C21H24FN3O3. The Kier molecular flexibility index (Phi) is 6.23. The molecule has 1 saturated heterocycles. The molecule has 1 amide bonds. The van der Waals surface area contributed by atoms with Crippen LogP contribution in [-0.4, -0.2) is 35.4 Å². The Morgan fingerprint density at radius 3 is 2.57 bits per heavy atom. The fraction of sp³-hybridized carbons (Fsp3) is 0.381. The van der Waals surface area contributed by atoms with Crippen LogP contribution in [0, 0.1) is 21.8 Å². The van der Waals surface area contributed by atoms with Gasteiger partial charge in [-0.2, -0.15) is 0 Å². The van der Waals surface area contributed by atoms with Crippen LogP contribution in [-0.2, 0) is 11.3 Å². The van der Waals surface area contributed by atoms with Crippen LogP contribution in [0.1, 0.15) is 25.3 Å². The number of piperidine rings is 1. The summed E-state index contributed by atoms with van der Waals surface area (Å²) in [6, 6.07) is 13.0. The molecule has 1 aliphatic heterocycles. The molecule has 0 aliphatic carbocycles. The van der Waals surface area contributed by atoms with E-state index >= 15 is 0 Å². The molecule has 3 rings (SSSR count). The minimum atomic E-state index is -0.371. The van der Waals surface area contributed by atoms with Crippen molar-refractivity contribution in [2.45, 2.75) is 26.3 Å². The maximum absolute atomic E-state index is 13.4. The molecule has 0 saturated carbocycles. The highest BCUT2D eigenvalue weighted by Crippen LogP contribution is 2.31. The first-order valence-corrected chi connectivity index (χ1v) is 9.51. The molecule has 6 nitrogen and oxygen atoms in total. The van der Waals surface area contributed by atoms with Crippen molar-refractivity contribution in [3.63, 3.8) is 0 Å². The second kappa shape index (κ2) is 8.82. The van der Waals surface area contributed by atoms with Gasteiger partial charge in [-0.25, -0.2) is 4.39 Å². The number of nitrogens with zero attached hydrogens (tertiary/aromatic N) is 3. The van der Waals surface area contributed by atoms with Gasteiger partial charge in [0.05, 0.1) is 4.92 Å². The number of rotatable bonds is 6. The standard InChI is InChI=1S/C21H24FN3O3/c1-2-23(15-16-6-5-7-18(22)14-16)21(26)17-10-12-24(13-11-17)19-8-3-4-9-20(19)25(27)28/h3-9,14,17H,2,10-13,15H2,1H3. The van der Waals surface area contributed by atoms with Gasteiger partial charge in [0, 0.05) is 38.2 Å². The molecule has 1 aliphatic rings. The van der Waals surface area contributed by atoms with Gasteiger partial charge in [-0.05, 0) is 43.5 Å². The second-order valence-corrected chi connectivity index (χ2v) is 6.99. The highest BCUT2D eigenvalue weighted by atomic mass is 19.1. The molecule has 0 unspecified atom stereocenters. The highest BCUT2D eigenvalue weighted by Gasteiger charge is 2.30. The van der Waals surface area contributed by atoms with Crippen LogP contribution in [0.15, 0.2) is 48.5 Å². The van der Waals surface area contributed by atoms with E-state index in [-0.39, 0.29) is 28.3 Å². The predicted octanol–water partition coefficient (Wildman–Crippen LogP) is 4.00. The number of nitro benzene ring substituents is 1. The smallest absolute Gasteiger partial charge is 0.292 e. The quantitative estimate of drug-likeness (QED) is 0.557. The van der Waals surface area contributed by atoms with Crippen molar-refractivity contribution in [2.24, 2.45) is 5.92 Å². The summed E-state index contributed by atoms with van der Waals surface area (Å²) in [5.74, 6) is -0.361. The average molecular weight is 385 g/mol. The van der Waals surface area contributed by atoms with E-state index in [2.05, 4.69) is 0 Å². The van der Waals surface area contributed by atoms with Gasteiger partial charge in [0.15, 0.2) is 0 Å². The maximum atomic E-state index is 13.4. The summed E-state index contributed by atoms with van der Waals surface area (Å²) in [4.78, 5) is 27.6. The van der Waals surface area contributed by atoms with Crippen molar-refractivity contribution < 1.29 is 14.1 Å². The van der Waals surface area contributed by atoms with Gasteiger partial charge in [-0.3, -0.25) is 14.9 Å². The predicted molar refractivity (Wildman–Crippen MR) is 106 cm³/mol. The van der Waals surface area contributed by atoms with Gasteiger partial charge < -0.3 is 9.80 Å². The maximum Gasteiger partial charge on any atom is 0.292 e. The van der Waals surface area contributed by atoms with Gasteiger partial charge in [0.25, 0.3) is 5.69 Å². The summed E-state index contributed by atoms with van der Waals surface area (Å²) in [5, 5.41) is 11.3. The number of carbonyl (C=O) groups is 1. The van der Waals surface area contributed by atoms with Crippen molar-refractivity contribution in [1.29, 1.82) is 0 Å². The number of para-hydroxylation sites is 2. The van der Waals surface area contributed by atoms with Gasteiger partial charge in [-0.15, -0.1) is 0 Å². The summed E-state index contributed by atoms with van der Waals surface area (Å²) in [7, 11) is 0. The molecule has 2 aromatic rings. The van der Waals surface area contributed by atoms with E-state index in [1.807, 2.05) is 17.9 Å². The van der Waals surface area contributed by atoms with Crippen LogP contribution >= 0.6 is 0 Å². The number of hydrogen-bond acceptors (Lipinski definition) is 4. The fourth-order valence-electron chi connectivity index (χ4n) is 3.71. The third-order valence-electron chi connectivity index (χ3n) is 5.22. The summed E-state index contributed by atoms with van der Waals surface area (Å²) >= 11 is 0. The topological polar surface area (TPSA) is 66.7 Å². The summed E-state index contributed by atoms with van der Waals surface area (Å²) in [6.07, 6.45) is 1.29. The zero-order chi connectivity index (χ0) is 20.1. The van der Waals surface area contributed by atoms with Crippen molar-refractivity contribution >= 4 is 17.3 Å². The number of hydrogen-bond donors (Lipinski definition) is 0. The Labute approximate surface area is 163 Å². The van der Waals surface area contributed by atoms with E-state index in [1.54, 1.807) is 29.2 Å². The lowest BCUT2D eigenvalue weighted by Gasteiger charge is -2.35. The van der Waals surface area contributed by atoms with Gasteiger partial charge in [0.2, 0.25) is 5.91 Å². The normalized spacial score (nSPS) is 14.7. The fourth-order valence-corrected chi connectivity index (χ4v) is 3.71. The molecule has 1 fully saturated rings. The lowest BCUT2D eigenvalue weighted by molar-refractivity contribution is -0.384.